The molecule has 2 N–H and O–H groups in total. The summed E-state index contributed by atoms with van der Waals surface area (Å²) in [6.45, 7) is 13.2. The van der Waals surface area contributed by atoms with Crippen LogP contribution in [0.1, 0.15) is 53.5 Å². The average Bonchev–Trinajstić information content (AvgIpc) is 2.52. The van der Waals surface area contributed by atoms with E-state index in [4.69, 9.17) is 10.5 Å². The van der Waals surface area contributed by atoms with Gasteiger partial charge >= 0.3 is 0 Å². The fourth-order valence-electron chi connectivity index (χ4n) is 3.40. The monoisotopic (exact) mass is 368 g/mol. The number of nitrogens with zero attached hydrogens (tertiary/aromatic N) is 1. The molecule has 1 aliphatic carbocycles. The van der Waals surface area contributed by atoms with E-state index in [9.17, 15) is 4.79 Å². The molecule has 2 unspecified atom stereocenters. The van der Waals surface area contributed by atoms with Crippen LogP contribution in [-0.2, 0) is 14.9 Å². The minimum Gasteiger partial charge on any atom is -0.378 e. The van der Waals surface area contributed by atoms with Crippen molar-refractivity contribution < 1.29 is 9.53 Å². The van der Waals surface area contributed by atoms with Gasteiger partial charge in [0.25, 0.3) is 0 Å². The van der Waals surface area contributed by atoms with E-state index in [0.717, 1.165) is 5.69 Å². The van der Waals surface area contributed by atoms with Gasteiger partial charge in [-0.1, -0.05) is 46.8 Å². The van der Waals surface area contributed by atoms with Crippen molar-refractivity contribution in [3.05, 3.63) is 29.8 Å². The Morgan fingerprint density at radius 1 is 1.28 bits per heavy atom. The van der Waals surface area contributed by atoms with E-state index in [-0.39, 0.29) is 35.2 Å². The van der Waals surface area contributed by atoms with E-state index in [0.29, 0.717) is 13.0 Å². The molecule has 1 aromatic carbocycles. The first-order valence-electron chi connectivity index (χ1n) is 8.74. The topological polar surface area (TPSA) is 55.6 Å². The van der Waals surface area contributed by atoms with Crippen molar-refractivity contribution in [2.45, 2.75) is 65.0 Å². The number of halogens is 1. The van der Waals surface area contributed by atoms with Crippen LogP contribution in [0.5, 0.6) is 0 Å². The van der Waals surface area contributed by atoms with Gasteiger partial charge in [-0.25, -0.2) is 0 Å². The molecule has 2 rings (SSSR count). The number of hydrogen-bond acceptors (Lipinski definition) is 3. The normalized spacial score (nSPS) is 24.9. The highest BCUT2D eigenvalue weighted by Crippen LogP contribution is 2.50. The number of rotatable bonds is 4. The molecule has 25 heavy (non-hydrogen) atoms. The van der Waals surface area contributed by atoms with Gasteiger partial charge in [-0.15, -0.1) is 12.4 Å². The maximum atomic E-state index is 13.0. The average molecular weight is 369 g/mol. The van der Waals surface area contributed by atoms with Crippen LogP contribution in [0.2, 0.25) is 0 Å². The summed E-state index contributed by atoms with van der Waals surface area (Å²) in [5.74, 6) is -0.0491. The lowest BCUT2D eigenvalue weighted by atomic mass is 9.54. The maximum Gasteiger partial charge on any atom is 0.247 e. The van der Waals surface area contributed by atoms with Crippen LogP contribution >= 0.6 is 12.4 Å². The smallest absolute Gasteiger partial charge is 0.247 e. The van der Waals surface area contributed by atoms with Crippen LogP contribution in [0.3, 0.4) is 0 Å². The number of carbonyl (C=O) groups excluding carboxylic acids is 1. The van der Waals surface area contributed by atoms with Crippen molar-refractivity contribution in [3.8, 4) is 0 Å². The van der Waals surface area contributed by atoms with Gasteiger partial charge < -0.3 is 15.4 Å². The molecule has 1 fully saturated rings. The maximum absolute atomic E-state index is 13.0. The third-order valence-corrected chi connectivity index (χ3v) is 5.64. The van der Waals surface area contributed by atoms with Gasteiger partial charge in [0.05, 0.1) is 6.10 Å². The number of carbonyl (C=O) groups is 1. The molecule has 2 atom stereocenters. The van der Waals surface area contributed by atoms with E-state index >= 15 is 0 Å². The summed E-state index contributed by atoms with van der Waals surface area (Å²) in [5.41, 5.74) is 7.46. The number of amides is 1. The molecule has 0 aliphatic heterocycles. The lowest BCUT2D eigenvalue weighted by Gasteiger charge is -2.58. The number of ether oxygens (including phenoxy) is 1. The highest BCUT2D eigenvalue weighted by atomic mass is 35.5. The van der Waals surface area contributed by atoms with Crippen LogP contribution in [0, 0.1) is 5.41 Å². The van der Waals surface area contributed by atoms with Crippen LogP contribution in [0.4, 0.5) is 5.69 Å². The third-order valence-electron chi connectivity index (χ3n) is 5.64. The second kappa shape index (κ2) is 7.26. The van der Waals surface area contributed by atoms with Crippen LogP contribution < -0.4 is 10.6 Å². The standard InChI is InChI=1S/C20H32N2O2.ClH/c1-8-24-16-13-20(21,19(16,5)6)17(23)22(7)15-11-9-14(10-12-15)18(2,3)4;/h9-12,16H,8,13,21H2,1-7H3;1H. The fraction of sp³-hybridized carbons (Fsp3) is 0.650. The molecule has 1 aliphatic rings. The highest BCUT2D eigenvalue weighted by Gasteiger charge is 2.63. The second-order valence-corrected chi connectivity index (χ2v) is 8.50. The molecule has 1 amide bonds. The van der Waals surface area contributed by atoms with E-state index in [1.165, 1.54) is 5.56 Å². The fourth-order valence-corrected chi connectivity index (χ4v) is 3.40. The van der Waals surface area contributed by atoms with Crippen molar-refractivity contribution in [2.75, 3.05) is 18.6 Å². The molecule has 0 heterocycles. The first-order valence-corrected chi connectivity index (χ1v) is 8.74. The Balaban J connectivity index is 0.00000312. The number of likely N-dealkylation sites (N-methyl/N-ethyl adjacent to an activating group) is 1. The molecule has 0 aromatic heterocycles. The zero-order chi connectivity index (χ0) is 18.3. The van der Waals surface area contributed by atoms with Gasteiger partial charge in [0.1, 0.15) is 5.54 Å². The first-order chi connectivity index (χ1) is 10.9. The molecular formula is C20H33ClN2O2. The van der Waals surface area contributed by atoms with Gasteiger partial charge in [-0.2, -0.15) is 0 Å². The van der Waals surface area contributed by atoms with Gasteiger partial charge in [-0.05, 0) is 30.0 Å². The van der Waals surface area contributed by atoms with Crippen molar-refractivity contribution in [1.82, 2.24) is 0 Å². The minimum absolute atomic E-state index is 0. The number of nitrogens with two attached hydrogens (primary N) is 1. The van der Waals surface area contributed by atoms with Gasteiger partial charge in [-0.3, -0.25) is 4.79 Å². The summed E-state index contributed by atoms with van der Waals surface area (Å²) in [6.07, 6.45) is 0.602. The molecule has 5 heteroatoms. The van der Waals surface area contributed by atoms with Crippen molar-refractivity contribution in [3.63, 3.8) is 0 Å². The van der Waals surface area contributed by atoms with E-state index in [2.05, 4.69) is 32.9 Å². The lowest BCUT2D eigenvalue weighted by molar-refractivity contribution is -0.168. The van der Waals surface area contributed by atoms with Gasteiger partial charge in [0.15, 0.2) is 0 Å². The zero-order valence-corrected chi connectivity index (χ0v) is 17.4. The van der Waals surface area contributed by atoms with Crippen molar-refractivity contribution in [1.29, 1.82) is 0 Å². The van der Waals surface area contributed by atoms with Crippen LogP contribution in [-0.4, -0.2) is 31.2 Å². The van der Waals surface area contributed by atoms with Crippen LogP contribution in [0.15, 0.2) is 24.3 Å². The molecule has 0 radical (unpaired) electrons. The van der Waals surface area contributed by atoms with E-state index in [1.807, 2.05) is 32.9 Å². The highest BCUT2D eigenvalue weighted by molar-refractivity contribution is 6.01. The number of benzene rings is 1. The first kappa shape index (κ1) is 21.9. The van der Waals surface area contributed by atoms with Gasteiger partial charge in [0.2, 0.25) is 5.91 Å². The molecule has 0 bridgehead atoms. The van der Waals surface area contributed by atoms with Crippen molar-refractivity contribution in [2.24, 2.45) is 11.1 Å². The Labute approximate surface area is 158 Å². The number of anilines is 1. The molecule has 0 spiro atoms. The Morgan fingerprint density at radius 2 is 1.80 bits per heavy atom. The predicted octanol–water partition coefficient (Wildman–Crippen LogP) is 3.90. The van der Waals surface area contributed by atoms with E-state index in [1.54, 1.807) is 11.9 Å². The van der Waals surface area contributed by atoms with Crippen LogP contribution in [0.25, 0.3) is 0 Å². The molecular weight excluding hydrogens is 336 g/mol. The molecule has 1 aromatic rings. The lowest BCUT2D eigenvalue weighted by Crippen LogP contribution is -2.75. The quantitative estimate of drug-likeness (QED) is 0.876. The molecule has 142 valence electrons. The summed E-state index contributed by atoms with van der Waals surface area (Å²) in [6, 6.07) is 8.15. The molecule has 1 saturated carbocycles. The Hall–Kier alpha value is -1.10. The molecule has 4 nitrogen and oxygen atoms in total. The van der Waals surface area contributed by atoms with Gasteiger partial charge in [0, 0.05) is 31.2 Å². The predicted molar refractivity (Wildman–Crippen MR) is 107 cm³/mol. The summed E-state index contributed by atoms with van der Waals surface area (Å²) in [7, 11) is 1.80. The summed E-state index contributed by atoms with van der Waals surface area (Å²) >= 11 is 0. The largest absolute Gasteiger partial charge is 0.378 e. The Kier molecular flexibility index (Phi) is 6.37. The van der Waals surface area contributed by atoms with Crippen molar-refractivity contribution >= 4 is 24.0 Å². The second-order valence-electron chi connectivity index (χ2n) is 8.50. The zero-order valence-electron chi connectivity index (χ0n) is 16.6. The number of hydrogen-bond donors (Lipinski definition) is 1. The summed E-state index contributed by atoms with van der Waals surface area (Å²) in [5, 5.41) is 0. The SMILES string of the molecule is CCOC1CC(N)(C(=O)N(C)c2ccc(C(C)(C)C)cc2)C1(C)C.Cl. The third kappa shape index (κ3) is 3.71. The molecule has 0 saturated heterocycles. The summed E-state index contributed by atoms with van der Waals surface area (Å²) in [4.78, 5) is 14.7. The Bertz CT molecular complexity index is 607. The van der Waals surface area contributed by atoms with E-state index < -0.39 is 5.54 Å². The summed E-state index contributed by atoms with van der Waals surface area (Å²) < 4.78 is 5.73. The Morgan fingerprint density at radius 3 is 2.20 bits per heavy atom. The minimum atomic E-state index is -0.885.